The van der Waals surface area contributed by atoms with Gasteiger partial charge in [-0.3, -0.25) is 29.0 Å². The molecule has 0 radical (unpaired) electrons. The highest BCUT2D eigenvalue weighted by atomic mass is 16.2. The molecule has 1 fully saturated rings. The lowest BCUT2D eigenvalue weighted by Gasteiger charge is -2.37. The zero-order chi connectivity index (χ0) is 48.9. The minimum Gasteiger partial charge on any atom is -0.371 e. The molecule has 0 atom stereocenters. The Morgan fingerprint density at radius 1 is 0.366 bits per heavy atom. The fraction of sp³-hybridized carbons (Fsp3) is 0.469. The van der Waals surface area contributed by atoms with Crippen molar-refractivity contribution in [3.05, 3.63) is 89.0 Å². The highest BCUT2D eigenvalue weighted by molar-refractivity contribution is 6.46. The number of imide groups is 2. The number of benzene rings is 8. The molecule has 3 heterocycles. The lowest BCUT2D eigenvalue weighted by molar-refractivity contribution is 0.0501. The number of carbonyl (C=O) groups excluding carboxylic acids is 4. The van der Waals surface area contributed by atoms with Gasteiger partial charge in [-0.2, -0.15) is 0 Å². The van der Waals surface area contributed by atoms with Crippen molar-refractivity contribution in [2.24, 2.45) is 0 Å². The predicted molar refractivity (Wildman–Crippen MR) is 296 cm³/mol. The van der Waals surface area contributed by atoms with Crippen molar-refractivity contribution >= 4 is 105 Å². The number of fused-ring (bicyclic) bond motifs is 4. The summed E-state index contributed by atoms with van der Waals surface area (Å²) in [5.41, 5.74) is 3.58. The van der Waals surface area contributed by atoms with Crippen LogP contribution >= 0.6 is 0 Å². The maximum Gasteiger partial charge on any atom is 0.263 e. The molecule has 0 saturated carbocycles. The quantitative estimate of drug-likeness (QED) is 0.0276. The molecular weight excluding hydrogens is 875 g/mol. The molecule has 7 heteroatoms. The van der Waals surface area contributed by atoms with Gasteiger partial charge >= 0.3 is 0 Å². The Kier molecular flexibility index (Phi) is 13.4. The standard InChI is InChI=1S/C64H73N3O4/c1-5-9-13-17-23-40(24-18-14-10-6-2)66-61(68)49-34-31-45-42-27-28-44-47-33-36-51-59-57(47)52(48-30-29-43(54(42)56(44)48)46-32-35-50(62(66)69)58(49)55(45)46)39-53(65-37-21-22-38-65)60(59)64(71)67(63(51)70)41(25-19-15-11-7-3)26-20-16-12-8-4/h27-36,39-41H,5-26,37-38H2,1-4H3. The summed E-state index contributed by atoms with van der Waals surface area (Å²) >= 11 is 0. The Morgan fingerprint density at radius 3 is 1.08 bits per heavy atom. The number of carbonyl (C=O) groups is 4. The fourth-order valence-corrected chi connectivity index (χ4v) is 13.7. The molecular formula is C64H73N3O4. The summed E-state index contributed by atoms with van der Waals surface area (Å²) in [4.78, 5) is 65.9. The van der Waals surface area contributed by atoms with Crippen molar-refractivity contribution in [1.29, 1.82) is 0 Å². The summed E-state index contributed by atoms with van der Waals surface area (Å²) in [5, 5.41) is 14.6. The zero-order valence-electron chi connectivity index (χ0n) is 43.0. The third kappa shape index (κ3) is 7.82. The highest BCUT2D eigenvalue weighted by Gasteiger charge is 2.42. The van der Waals surface area contributed by atoms with Crippen LogP contribution in [0.2, 0.25) is 0 Å². The SMILES string of the molecule is CCCCCCC(CCCCCC)N1C(=O)c2ccc3c4ccc5c6ccc7c8c(c(N9CCCC9)cc(c9ccc(c%10ccc(c2c3%10)C1=O)c4c59)c86)C(=O)N(C(CCCCCC)CCCCCC)C7=O. The van der Waals surface area contributed by atoms with Crippen LogP contribution in [0.1, 0.15) is 210 Å². The second-order valence-corrected chi connectivity index (χ2v) is 21.7. The van der Waals surface area contributed by atoms with E-state index in [0.717, 1.165) is 199 Å². The average molecular weight is 948 g/mol. The molecule has 11 rings (SSSR count). The number of anilines is 1. The summed E-state index contributed by atoms with van der Waals surface area (Å²) in [6.07, 6.45) is 23.3. The molecule has 0 unspecified atom stereocenters. The Hall–Kier alpha value is -5.82. The molecule has 0 aromatic heterocycles. The van der Waals surface area contributed by atoms with Gasteiger partial charge in [0.25, 0.3) is 23.6 Å². The van der Waals surface area contributed by atoms with Crippen LogP contribution in [0.25, 0.3) is 75.4 Å². The summed E-state index contributed by atoms with van der Waals surface area (Å²) in [6, 6.07) is 23.5. The second-order valence-electron chi connectivity index (χ2n) is 21.7. The minimum absolute atomic E-state index is 0.108. The molecule has 7 nitrogen and oxygen atoms in total. The van der Waals surface area contributed by atoms with Gasteiger partial charge in [-0.15, -0.1) is 0 Å². The molecule has 8 aromatic carbocycles. The average Bonchev–Trinajstić information content (AvgIpc) is 3.94. The van der Waals surface area contributed by atoms with Gasteiger partial charge in [-0.1, -0.05) is 173 Å². The van der Waals surface area contributed by atoms with Crippen molar-refractivity contribution in [2.75, 3.05) is 18.0 Å². The summed E-state index contributed by atoms with van der Waals surface area (Å²) in [7, 11) is 0. The van der Waals surface area contributed by atoms with Crippen LogP contribution in [-0.4, -0.2) is 58.6 Å². The van der Waals surface area contributed by atoms with Crippen molar-refractivity contribution < 1.29 is 19.2 Å². The minimum atomic E-state index is -0.154. The Balaban J connectivity index is 1.07. The van der Waals surface area contributed by atoms with Crippen LogP contribution in [0.5, 0.6) is 0 Å². The lowest BCUT2D eigenvalue weighted by Crippen LogP contribution is -2.47. The summed E-state index contributed by atoms with van der Waals surface area (Å²) < 4.78 is 0. The van der Waals surface area contributed by atoms with E-state index in [4.69, 9.17) is 0 Å². The molecule has 1 saturated heterocycles. The Labute approximate surface area is 419 Å². The van der Waals surface area contributed by atoms with Crippen molar-refractivity contribution in [3.8, 4) is 0 Å². The summed E-state index contributed by atoms with van der Waals surface area (Å²) in [6.45, 7) is 10.7. The van der Waals surface area contributed by atoms with Crippen LogP contribution in [0.15, 0.2) is 66.7 Å². The van der Waals surface area contributed by atoms with Crippen molar-refractivity contribution in [3.63, 3.8) is 0 Å². The first kappa shape index (κ1) is 47.5. The molecule has 368 valence electrons. The number of hydrogen-bond acceptors (Lipinski definition) is 5. The van der Waals surface area contributed by atoms with E-state index in [1.54, 1.807) is 9.80 Å². The summed E-state index contributed by atoms with van der Waals surface area (Å²) in [5.74, 6) is -0.570. The number of hydrogen-bond donors (Lipinski definition) is 0. The van der Waals surface area contributed by atoms with Gasteiger partial charge in [0.05, 0.1) is 11.3 Å². The first-order valence-electron chi connectivity index (χ1n) is 28.2. The predicted octanol–water partition coefficient (Wildman–Crippen LogP) is 17.0. The number of rotatable bonds is 23. The van der Waals surface area contributed by atoms with E-state index in [9.17, 15) is 9.59 Å². The third-order valence-corrected chi connectivity index (χ3v) is 17.3. The fourth-order valence-electron chi connectivity index (χ4n) is 13.7. The third-order valence-electron chi connectivity index (χ3n) is 17.3. The maximum absolute atomic E-state index is 15.4. The molecule has 0 N–H and O–H groups in total. The molecule has 0 spiro atoms. The number of nitrogens with zero attached hydrogens (tertiary/aromatic N) is 3. The van der Waals surface area contributed by atoms with Gasteiger partial charge in [0.1, 0.15) is 0 Å². The molecule has 3 aliphatic rings. The van der Waals surface area contributed by atoms with E-state index in [-0.39, 0.29) is 35.7 Å². The van der Waals surface area contributed by atoms with Gasteiger partial charge in [0.2, 0.25) is 0 Å². The van der Waals surface area contributed by atoms with Crippen LogP contribution in [0.3, 0.4) is 0 Å². The normalized spacial score (nSPS) is 15.4. The largest absolute Gasteiger partial charge is 0.371 e. The van der Waals surface area contributed by atoms with Crippen molar-refractivity contribution in [2.45, 2.75) is 181 Å². The van der Waals surface area contributed by atoms with Crippen LogP contribution in [0, 0.1) is 0 Å². The van der Waals surface area contributed by atoms with Gasteiger partial charge in [0, 0.05) is 52.6 Å². The number of unbranched alkanes of at least 4 members (excludes halogenated alkanes) is 12. The van der Waals surface area contributed by atoms with Crippen LogP contribution in [-0.2, 0) is 0 Å². The molecule has 3 aliphatic heterocycles. The van der Waals surface area contributed by atoms with E-state index >= 15 is 9.59 Å². The topological polar surface area (TPSA) is 78.0 Å². The highest BCUT2D eigenvalue weighted by Crippen LogP contribution is 2.52. The van der Waals surface area contributed by atoms with Gasteiger partial charge < -0.3 is 4.90 Å². The lowest BCUT2D eigenvalue weighted by atomic mass is 9.80. The van der Waals surface area contributed by atoms with E-state index in [0.29, 0.717) is 22.3 Å². The maximum atomic E-state index is 15.4. The van der Waals surface area contributed by atoms with Crippen LogP contribution < -0.4 is 4.90 Å². The van der Waals surface area contributed by atoms with Crippen molar-refractivity contribution in [1.82, 2.24) is 9.80 Å². The monoisotopic (exact) mass is 948 g/mol. The van der Waals surface area contributed by atoms with Crippen LogP contribution in [0.4, 0.5) is 5.69 Å². The van der Waals surface area contributed by atoms with E-state index in [1.807, 2.05) is 18.2 Å². The van der Waals surface area contributed by atoms with Gasteiger partial charge in [0.15, 0.2) is 0 Å². The Morgan fingerprint density at radius 2 is 0.690 bits per heavy atom. The zero-order valence-corrected chi connectivity index (χ0v) is 43.0. The first-order chi connectivity index (χ1) is 34.8. The molecule has 0 bridgehead atoms. The van der Waals surface area contributed by atoms with Gasteiger partial charge in [-0.25, -0.2) is 0 Å². The molecule has 71 heavy (non-hydrogen) atoms. The van der Waals surface area contributed by atoms with E-state index < -0.39 is 0 Å². The van der Waals surface area contributed by atoms with E-state index in [1.165, 1.54) is 36.5 Å². The molecule has 4 amide bonds. The molecule has 0 aliphatic carbocycles. The van der Waals surface area contributed by atoms with E-state index in [2.05, 4.69) is 81.1 Å². The number of amides is 4. The Bertz CT molecular complexity index is 3250. The second kappa shape index (κ2) is 20.0. The molecule has 8 aromatic rings. The van der Waals surface area contributed by atoms with Gasteiger partial charge in [-0.05, 0) is 127 Å². The smallest absolute Gasteiger partial charge is 0.263 e. The first-order valence-corrected chi connectivity index (χ1v) is 28.2.